The van der Waals surface area contributed by atoms with Crippen LogP contribution in [0.5, 0.6) is 5.88 Å². The van der Waals surface area contributed by atoms with Crippen LogP contribution in [0.4, 0.5) is 5.82 Å². The summed E-state index contributed by atoms with van der Waals surface area (Å²) in [6.45, 7) is 1.13. The van der Waals surface area contributed by atoms with Gasteiger partial charge in [0.05, 0.1) is 24.5 Å². The number of hydrogen-bond donors (Lipinski definition) is 2. The summed E-state index contributed by atoms with van der Waals surface area (Å²) in [7, 11) is 0. The van der Waals surface area contributed by atoms with Gasteiger partial charge in [0.15, 0.2) is 0 Å². The molecular weight excluding hydrogens is 384 g/mol. The highest BCUT2D eigenvalue weighted by Crippen LogP contribution is 2.25. The van der Waals surface area contributed by atoms with Crippen molar-refractivity contribution in [3.05, 3.63) is 69.6 Å². The van der Waals surface area contributed by atoms with Gasteiger partial charge in [-0.1, -0.05) is 29.8 Å². The highest BCUT2D eigenvalue weighted by atomic mass is 35.5. The van der Waals surface area contributed by atoms with E-state index < -0.39 is 5.91 Å². The number of amides is 1. The summed E-state index contributed by atoms with van der Waals surface area (Å²) < 4.78 is 12.3. The molecule has 1 atom stereocenters. The zero-order valence-electron chi connectivity index (χ0n) is 14.7. The molecular formula is C19H17ClN4O4. The van der Waals surface area contributed by atoms with E-state index in [0.29, 0.717) is 18.9 Å². The van der Waals surface area contributed by atoms with Gasteiger partial charge in [0.25, 0.3) is 11.5 Å². The lowest BCUT2D eigenvalue weighted by atomic mass is 10.2. The Morgan fingerprint density at radius 2 is 2.14 bits per heavy atom. The van der Waals surface area contributed by atoms with Crippen LogP contribution in [0.25, 0.3) is 5.69 Å². The molecule has 1 aliphatic heterocycles. The van der Waals surface area contributed by atoms with Crippen molar-refractivity contribution in [2.45, 2.75) is 12.5 Å². The lowest BCUT2D eigenvalue weighted by Crippen LogP contribution is -2.17. The maximum atomic E-state index is 12.5. The minimum Gasteiger partial charge on any atom is -0.471 e. The van der Waals surface area contributed by atoms with Crippen molar-refractivity contribution in [3.8, 4) is 11.6 Å². The topological polar surface area (TPSA) is 98.2 Å². The van der Waals surface area contributed by atoms with Crippen LogP contribution in [0.2, 0.25) is 5.02 Å². The van der Waals surface area contributed by atoms with E-state index in [-0.39, 0.29) is 33.9 Å². The minimum absolute atomic E-state index is 0.0903. The predicted octanol–water partition coefficient (Wildman–Crippen LogP) is 2.63. The molecule has 0 aliphatic carbocycles. The van der Waals surface area contributed by atoms with Gasteiger partial charge >= 0.3 is 0 Å². The summed E-state index contributed by atoms with van der Waals surface area (Å²) >= 11 is 6.19. The van der Waals surface area contributed by atoms with Gasteiger partial charge in [-0.15, -0.1) is 0 Å². The summed E-state index contributed by atoms with van der Waals surface area (Å²) in [4.78, 5) is 28.7. The first-order chi connectivity index (χ1) is 13.6. The number of anilines is 1. The van der Waals surface area contributed by atoms with Crippen molar-refractivity contribution in [1.82, 2.24) is 14.8 Å². The Bertz CT molecular complexity index is 1040. The number of para-hydroxylation sites is 1. The lowest BCUT2D eigenvalue weighted by molar-refractivity contribution is 0.102. The van der Waals surface area contributed by atoms with Gasteiger partial charge < -0.3 is 14.8 Å². The Labute approximate surface area is 165 Å². The van der Waals surface area contributed by atoms with Crippen molar-refractivity contribution < 1.29 is 14.3 Å². The van der Waals surface area contributed by atoms with Crippen LogP contribution in [-0.2, 0) is 4.74 Å². The van der Waals surface area contributed by atoms with Crippen LogP contribution in [0, 0.1) is 0 Å². The number of carbonyl (C=O) groups is 1. The number of aromatic nitrogens is 3. The quantitative estimate of drug-likeness (QED) is 0.686. The number of rotatable bonds is 5. The summed E-state index contributed by atoms with van der Waals surface area (Å²) in [5.74, 6) is 0.0716. The molecule has 28 heavy (non-hydrogen) atoms. The third kappa shape index (κ3) is 3.92. The second-order valence-corrected chi connectivity index (χ2v) is 6.65. The fourth-order valence-electron chi connectivity index (χ4n) is 2.82. The molecule has 0 saturated carbocycles. The third-order valence-electron chi connectivity index (χ3n) is 4.22. The molecule has 1 aliphatic rings. The van der Waals surface area contributed by atoms with Gasteiger partial charge in [-0.05, 0) is 18.2 Å². The van der Waals surface area contributed by atoms with Gasteiger partial charge in [-0.2, -0.15) is 0 Å². The van der Waals surface area contributed by atoms with Gasteiger partial charge in [0.1, 0.15) is 16.9 Å². The molecule has 0 spiro atoms. The fourth-order valence-corrected chi connectivity index (χ4v) is 3.03. The molecule has 3 aromatic rings. The van der Waals surface area contributed by atoms with Gasteiger partial charge in [0.2, 0.25) is 5.88 Å². The molecule has 2 N–H and O–H groups in total. The number of carbonyl (C=O) groups excluding carboxylic acids is 1. The van der Waals surface area contributed by atoms with Crippen LogP contribution in [-0.4, -0.2) is 40.0 Å². The van der Waals surface area contributed by atoms with Crippen LogP contribution >= 0.6 is 11.6 Å². The molecule has 9 heteroatoms. The molecule has 0 bridgehead atoms. The second kappa shape index (κ2) is 7.87. The van der Waals surface area contributed by atoms with Crippen molar-refractivity contribution in [3.63, 3.8) is 0 Å². The molecule has 1 fully saturated rings. The zero-order chi connectivity index (χ0) is 19.5. The summed E-state index contributed by atoms with van der Waals surface area (Å²) in [6.07, 6.45) is 2.05. The average Bonchev–Trinajstić information content (AvgIpc) is 3.33. The van der Waals surface area contributed by atoms with Gasteiger partial charge in [0, 0.05) is 18.7 Å². The molecule has 1 unspecified atom stereocenters. The molecule has 1 saturated heterocycles. The van der Waals surface area contributed by atoms with E-state index in [4.69, 9.17) is 21.1 Å². The number of benzene rings is 1. The van der Waals surface area contributed by atoms with Crippen molar-refractivity contribution in [2.24, 2.45) is 0 Å². The largest absolute Gasteiger partial charge is 0.471 e. The number of hydrogen-bond acceptors (Lipinski definition) is 5. The molecule has 2 aromatic heterocycles. The number of halogens is 1. The fraction of sp³-hybridized carbons (Fsp3) is 0.211. The average molecular weight is 401 g/mol. The van der Waals surface area contributed by atoms with E-state index in [9.17, 15) is 9.59 Å². The Morgan fingerprint density at radius 3 is 2.86 bits per heavy atom. The Balaban J connectivity index is 1.48. The van der Waals surface area contributed by atoms with E-state index in [1.807, 2.05) is 18.2 Å². The molecule has 3 heterocycles. The summed E-state index contributed by atoms with van der Waals surface area (Å²) in [5, 5.41) is 5.72. The zero-order valence-corrected chi connectivity index (χ0v) is 15.5. The highest BCUT2D eigenvalue weighted by Gasteiger charge is 2.20. The van der Waals surface area contributed by atoms with E-state index in [2.05, 4.69) is 15.4 Å². The number of pyridine rings is 1. The SMILES string of the molecule is O=C(Nc1cc(=O)n(-c2ccccc2)[nH]1)c1cnc(OC2CCOC2)c(Cl)c1. The van der Waals surface area contributed by atoms with Gasteiger partial charge in [-0.3, -0.25) is 14.7 Å². The Kier molecular flexibility index (Phi) is 5.14. The monoisotopic (exact) mass is 400 g/mol. The number of ether oxygens (including phenoxy) is 2. The number of nitrogens with zero attached hydrogens (tertiary/aromatic N) is 2. The highest BCUT2D eigenvalue weighted by molar-refractivity contribution is 6.32. The smallest absolute Gasteiger partial charge is 0.273 e. The van der Waals surface area contributed by atoms with Gasteiger partial charge in [-0.25, -0.2) is 9.67 Å². The predicted molar refractivity (Wildman–Crippen MR) is 103 cm³/mol. The molecule has 0 radical (unpaired) electrons. The molecule has 8 nitrogen and oxygen atoms in total. The van der Waals surface area contributed by atoms with Crippen LogP contribution in [0.15, 0.2) is 53.5 Å². The van der Waals surface area contributed by atoms with E-state index >= 15 is 0 Å². The van der Waals surface area contributed by atoms with Crippen molar-refractivity contribution in [2.75, 3.05) is 18.5 Å². The molecule has 144 valence electrons. The first kappa shape index (κ1) is 18.3. The van der Waals surface area contributed by atoms with Crippen molar-refractivity contribution in [1.29, 1.82) is 0 Å². The summed E-state index contributed by atoms with van der Waals surface area (Å²) in [5.41, 5.74) is 0.614. The first-order valence-corrected chi connectivity index (χ1v) is 9.07. The maximum absolute atomic E-state index is 12.5. The Morgan fingerprint density at radius 1 is 1.32 bits per heavy atom. The van der Waals surface area contributed by atoms with Crippen LogP contribution in [0.3, 0.4) is 0 Å². The van der Waals surface area contributed by atoms with E-state index in [1.54, 1.807) is 12.1 Å². The third-order valence-corrected chi connectivity index (χ3v) is 4.49. The first-order valence-electron chi connectivity index (χ1n) is 8.69. The molecule has 1 amide bonds. The number of H-pyrrole nitrogens is 1. The van der Waals surface area contributed by atoms with Crippen LogP contribution < -0.4 is 15.6 Å². The number of nitrogens with one attached hydrogen (secondary N) is 2. The minimum atomic E-state index is -0.452. The second-order valence-electron chi connectivity index (χ2n) is 6.25. The number of aromatic amines is 1. The standard InChI is InChI=1S/C19H17ClN4O4/c20-15-8-12(10-21-19(15)28-14-6-7-27-11-14)18(26)22-16-9-17(25)24(23-16)13-4-2-1-3-5-13/h1-5,8-10,14,23H,6-7,11H2,(H,22,26). The van der Waals surface area contributed by atoms with Crippen LogP contribution in [0.1, 0.15) is 16.8 Å². The molecule has 1 aromatic carbocycles. The van der Waals surface area contributed by atoms with E-state index in [0.717, 1.165) is 6.42 Å². The van der Waals surface area contributed by atoms with E-state index in [1.165, 1.54) is 23.0 Å². The maximum Gasteiger partial charge on any atom is 0.273 e. The summed E-state index contributed by atoms with van der Waals surface area (Å²) in [6, 6.07) is 11.8. The normalized spacial score (nSPS) is 16.1. The Hall–Kier alpha value is -3.10. The lowest BCUT2D eigenvalue weighted by Gasteiger charge is -2.12. The van der Waals surface area contributed by atoms with Crippen molar-refractivity contribution >= 4 is 23.3 Å². The molecule has 4 rings (SSSR count).